The van der Waals surface area contributed by atoms with Crippen LogP contribution in [-0.2, 0) is 12.8 Å². The van der Waals surface area contributed by atoms with Gasteiger partial charge in [-0.25, -0.2) is 4.68 Å². The van der Waals surface area contributed by atoms with Crippen molar-refractivity contribution in [3.63, 3.8) is 0 Å². The van der Waals surface area contributed by atoms with E-state index in [1.165, 1.54) is 28.8 Å². The molecule has 6 nitrogen and oxygen atoms in total. The predicted octanol–water partition coefficient (Wildman–Crippen LogP) is 3.43. The first-order valence-electron chi connectivity index (χ1n) is 9.20. The number of rotatable bonds is 3. The van der Waals surface area contributed by atoms with Crippen molar-refractivity contribution < 1.29 is 4.79 Å². The third-order valence-corrected chi connectivity index (χ3v) is 6.77. The van der Waals surface area contributed by atoms with Crippen LogP contribution in [0, 0.1) is 13.8 Å². The molecule has 1 fully saturated rings. The van der Waals surface area contributed by atoms with E-state index in [0.717, 1.165) is 49.5 Å². The number of aromatic nitrogens is 3. The number of nitrogens with one attached hydrogen (secondary N) is 2. The van der Waals surface area contributed by atoms with E-state index < -0.39 is 0 Å². The highest BCUT2D eigenvalue weighted by Gasteiger charge is 2.25. The topological polar surface area (TPSA) is 71.8 Å². The van der Waals surface area contributed by atoms with Crippen LogP contribution < -0.4 is 10.6 Å². The first kappa shape index (κ1) is 19.3. The highest BCUT2D eigenvalue weighted by molar-refractivity contribution is 7.16. The summed E-state index contributed by atoms with van der Waals surface area (Å²) in [5, 5.41) is 15.9. The van der Waals surface area contributed by atoms with Gasteiger partial charge in [-0.1, -0.05) is 5.21 Å². The quantitative estimate of drug-likeness (QED) is 0.835. The summed E-state index contributed by atoms with van der Waals surface area (Å²) >= 11 is 1.73. The fourth-order valence-corrected chi connectivity index (χ4v) is 5.25. The standard InChI is InChI=1S/C18H25N5OS.ClH/c1-11-14-5-3-4-6-15(14)25-18(11)20-17(24)16-12(2)23(22-21-16)13-7-9-19-10-8-13;/h13,19H,3-10H2,1-2H3,(H,20,24);1H. The number of carbonyl (C=O) groups excluding carboxylic acids is 1. The zero-order chi connectivity index (χ0) is 17.4. The molecule has 2 aliphatic rings. The van der Waals surface area contributed by atoms with Crippen LogP contribution in [0.1, 0.15) is 63.9 Å². The molecule has 3 heterocycles. The Bertz CT molecular complexity index is 794. The van der Waals surface area contributed by atoms with Gasteiger partial charge < -0.3 is 10.6 Å². The molecule has 2 aromatic rings. The van der Waals surface area contributed by atoms with E-state index in [2.05, 4.69) is 27.9 Å². The van der Waals surface area contributed by atoms with Gasteiger partial charge in [-0.2, -0.15) is 0 Å². The summed E-state index contributed by atoms with van der Waals surface area (Å²) < 4.78 is 1.93. The summed E-state index contributed by atoms with van der Waals surface area (Å²) in [5.74, 6) is -0.139. The van der Waals surface area contributed by atoms with Gasteiger partial charge in [0.1, 0.15) is 0 Å². The molecule has 1 amide bonds. The fourth-order valence-electron chi connectivity index (χ4n) is 3.95. The summed E-state index contributed by atoms with van der Waals surface area (Å²) in [6, 6.07) is 0.339. The largest absolute Gasteiger partial charge is 0.317 e. The number of anilines is 1. The van der Waals surface area contributed by atoms with Crippen molar-refractivity contribution in [3.05, 3.63) is 27.4 Å². The second kappa shape index (κ2) is 8.06. The van der Waals surface area contributed by atoms with Crippen molar-refractivity contribution in [2.24, 2.45) is 0 Å². The number of fused-ring (bicyclic) bond motifs is 1. The molecule has 2 N–H and O–H groups in total. The van der Waals surface area contributed by atoms with Crippen LogP contribution in [0.3, 0.4) is 0 Å². The van der Waals surface area contributed by atoms with Crippen molar-refractivity contribution >= 4 is 34.7 Å². The van der Waals surface area contributed by atoms with Crippen LogP contribution in [0.15, 0.2) is 0 Å². The Balaban J connectivity index is 0.00000196. The molecule has 1 saturated heterocycles. The molecule has 0 spiro atoms. The zero-order valence-corrected chi connectivity index (χ0v) is 16.9. The van der Waals surface area contributed by atoms with Gasteiger partial charge >= 0.3 is 0 Å². The predicted molar refractivity (Wildman–Crippen MR) is 107 cm³/mol. The molecule has 1 aliphatic heterocycles. The van der Waals surface area contributed by atoms with Gasteiger partial charge in [0.05, 0.1) is 16.7 Å². The number of carbonyl (C=O) groups is 1. The summed E-state index contributed by atoms with van der Waals surface area (Å²) in [7, 11) is 0. The second-order valence-corrected chi connectivity index (χ2v) is 8.17. The molecular weight excluding hydrogens is 370 g/mol. The van der Waals surface area contributed by atoms with Gasteiger partial charge in [0, 0.05) is 4.88 Å². The van der Waals surface area contributed by atoms with Crippen LogP contribution in [0.2, 0.25) is 0 Å². The molecule has 26 heavy (non-hydrogen) atoms. The molecule has 0 aromatic carbocycles. The number of amides is 1. The lowest BCUT2D eigenvalue weighted by Gasteiger charge is -2.23. The highest BCUT2D eigenvalue weighted by Crippen LogP contribution is 2.37. The minimum atomic E-state index is -0.139. The normalized spacial score (nSPS) is 17.5. The smallest absolute Gasteiger partial charge is 0.278 e. The molecule has 142 valence electrons. The highest BCUT2D eigenvalue weighted by atomic mass is 35.5. The van der Waals surface area contributed by atoms with E-state index in [1.807, 2.05) is 11.6 Å². The second-order valence-electron chi connectivity index (χ2n) is 7.07. The first-order chi connectivity index (χ1) is 12.1. The van der Waals surface area contributed by atoms with Crippen molar-refractivity contribution in [1.82, 2.24) is 20.3 Å². The molecule has 0 bridgehead atoms. The molecule has 0 atom stereocenters. The van der Waals surface area contributed by atoms with Crippen LogP contribution in [0.25, 0.3) is 0 Å². The monoisotopic (exact) mass is 395 g/mol. The van der Waals surface area contributed by atoms with Crippen LogP contribution in [0.5, 0.6) is 0 Å². The van der Waals surface area contributed by atoms with Gasteiger partial charge in [-0.15, -0.1) is 28.8 Å². The molecule has 0 unspecified atom stereocenters. The Hall–Kier alpha value is -1.44. The molecule has 8 heteroatoms. The van der Waals surface area contributed by atoms with Crippen molar-refractivity contribution in [1.29, 1.82) is 0 Å². The average molecular weight is 396 g/mol. The summed E-state index contributed by atoms with van der Waals surface area (Å²) in [4.78, 5) is 14.2. The maximum atomic E-state index is 12.8. The Labute approximate surface area is 164 Å². The Morgan fingerprint density at radius 1 is 1.23 bits per heavy atom. The molecule has 4 rings (SSSR count). The van der Waals surface area contributed by atoms with Crippen molar-refractivity contribution in [2.45, 2.75) is 58.4 Å². The third-order valence-electron chi connectivity index (χ3n) is 5.46. The van der Waals surface area contributed by atoms with E-state index in [1.54, 1.807) is 11.3 Å². The summed E-state index contributed by atoms with van der Waals surface area (Å²) in [5.41, 5.74) is 3.99. The molecular formula is C18H26ClN5OS. The molecule has 2 aromatic heterocycles. The first-order valence-corrected chi connectivity index (χ1v) is 10.0. The Morgan fingerprint density at radius 2 is 1.96 bits per heavy atom. The van der Waals surface area contributed by atoms with Crippen LogP contribution in [-0.4, -0.2) is 34.0 Å². The molecule has 0 radical (unpaired) electrons. The summed E-state index contributed by atoms with van der Waals surface area (Å²) in [6.07, 6.45) is 6.84. The van der Waals surface area contributed by atoms with E-state index in [4.69, 9.17) is 0 Å². The van der Waals surface area contributed by atoms with Gasteiger partial charge in [0.15, 0.2) is 5.69 Å². The van der Waals surface area contributed by atoms with Gasteiger partial charge in [-0.3, -0.25) is 4.79 Å². The van der Waals surface area contributed by atoms with E-state index in [9.17, 15) is 4.79 Å². The number of thiophene rings is 1. The minimum Gasteiger partial charge on any atom is -0.317 e. The van der Waals surface area contributed by atoms with Gasteiger partial charge in [0.25, 0.3) is 5.91 Å². The number of hydrogen-bond acceptors (Lipinski definition) is 5. The number of nitrogens with zero attached hydrogens (tertiary/aromatic N) is 3. The summed E-state index contributed by atoms with van der Waals surface area (Å²) in [6.45, 7) is 6.05. The average Bonchev–Trinajstić information content (AvgIpc) is 3.17. The van der Waals surface area contributed by atoms with E-state index >= 15 is 0 Å². The maximum absolute atomic E-state index is 12.8. The number of hydrogen-bond donors (Lipinski definition) is 2. The molecule has 1 aliphatic carbocycles. The Morgan fingerprint density at radius 3 is 2.69 bits per heavy atom. The van der Waals surface area contributed by atoms with Gasteiger partial charge in [0.2, 0.25) is 0 Å². The molecule has 0 saturated carbocycles. The SMILES string of the molecule is Cc1c(NC(=O)c2nnn(C3CCNCC3)c2C)sc2c1CCCC2.Cl. The lowest BCUT2D eigenvalue weighted by molar-refractivity contribution is 0.102. The lowest BCUT2D eigenvalue weighted by Crippen LogP contribution is -2.30. The van der Waals surface area contributed by atoms with Crippen LogP contribution in [0.4, 0.5) is 5.00 Å². The van der Waals surface area contributed by atoms with Crippen LogP contribution >= 0.6 is 23.7 Å². The zero-order valence-electron chi connectivity index (χ0n) is 15.3. The van der Waals surface area contributed by atoms with E-state index in [-0.39, 0.29) is 18.3 Å². The number of aryl methyl sites for hydroxylation is 1. The van der Waals surface area contributed by atoms with Gasteiger partial charge in [-0.05, 0) is 76.6 Å². The fraction of sp³-hybridized carbons (Fsp3) is 0.611. The Kier molecular flexibility index (Phi) is 5.99. The number of halogens is 1. The number of piperidine rings is 1. The van der Waals surface area contributed by atoms with Crippen molar-refractivity contribution in [2.75, 3.05) is 18.4 Å². The third kappa shape index (κ3) is 3.52. The maximum Gasteiger partial charge on any atom is 0.278 e. The lowest BCUT2D eigenvalue weighted by atomic mass is 9.96. The van der Waals surface area contributed by atoms with E-state index in [0.29, 0.717) is 11.7 Å². The minimum absolute atomic E-state index is 0. The van der Waals surface area contributed by atoms with Crippen molar-refractivity contribution in [3.8, 4) is 0 Å².